The zero-order valence-electron chi connectivity index (χ0n) is 13.3. The van der Waals surface area contributed by atoms with Crippen molar-refractivity contribution in [3.05, 3.63) is 10.4 Å². The van der Waals surface area contributed by atoms with E-state index < -0.39 is 0 Å². The van der Waals surface area contributed by atoms with Gasteiger partial charge < -0.3 is 5.11 Å². The zero-order valence-corrected chi connectivity index (χ0v) is 13.3. The molecule has 0 saturated carbocycles. The molecule has 0 fully saturated rings. The Morgan fingerprint density at radius 2 is 1.30 bits per heavy atom. The molecule has 4 nitrogen and oxygen atoms in total. The molecule has 0 amide bonds. The van der Waals surface area contributed by atoms with Gasteiger partial charge in [0.2, 0.25) is 0 Å². The minimum atomic E-state index is -0.219. The van der Waals surface area contributed by atoms with Crippen LogP contribution in [0.15, 0.2) is 5.11 Å². The number of nitrogens with zero attached hydrogens (tertiary/aromatic N) is 3. The van der Waals surface area contributed by atoms with Gasteiger partial charge in [0.05, 0.1) is 12.6 Å². The summed E-state index contributed by atoms with van der Waals surface area (Å²) in [4.78, 5) is 2.75. The second kappa shape index (κ2) is 16.3. The zero-order chi connectivity index (χ0) is 14.9. The van der Waals surface area contributed by atoms with Crippen molar-refractivity contribution in [2.75, 3.05) is 6.61 Å². The predicted molar refractivity (Wildman–Crippen MR) is 85.7 cm³/mol. The van der Waals surface area contributed by atoms with Crippen molar-refractivity contribution in [1.29, 1.82) is 0 Å². The summed E-state index contributed by atoms with van der Waals surface area (Å²) >= 11 is 0. The summed E-state index contributed by atoms with van der Waals surface area (Å²) in [6, 6.07) is -0.219. The van der Waals surface area contributed by atoms with Gasteiger partial charge in [-0.05, 0) is 12.0 Å². The van der Waals surface area contributed by atoms with Crippen LogP contribution < -0.4 is 0 Å². The maximum Gasteiger partial charge on any atom is 0.0605 e. The minimum absolute atomic E-state index is 0.0257. The molecule has 0 aliphatic rings. The third kappa shape index (κ3) is 13.7. The predicted octanol–water partition coefficient (Wildman–Crippen LogP) is 5.75. The van der Waals surface area contributed by atoms with Gasteiger partial charge in [0.1, 0.15) is 0 Å². The molecule has 0 bridgehead atoms. The summed E-state index contributed by atoms with van der Waals surface area (Å²) < 4.78 is 0. The van der Waals surface area contributed by atoms with Crippen LogP contribution in [0.5, 0.6) is 0 Å². The van der Waals surface area contributed by atoms with Gasteiger partial charge in [0, 0.05) is 4.91 Å². The first-order chi connectivity index (χ1) is 9.85. The fourth-order valence-electron chi connectivity index (χ4n) is 2.48. The lowest BCUT2D eigenvalue weighted by Gasteiger charge is -2.06. The van der Waals surface area contributed by atoms with Crippen LogP contribution in [0.4, 0.5) is 0 Å². The van der Waals surface area contributed by atoms with Crippen LogP contribution in [0.2, 0.25) is 0 Å². The minimum Gasteiger partial charge on any atom is -0.396 e. The molecule has 0 heterocycles. The highest BCUT2D eigenvalue weighted by Gasteiger charge is 2.03. The summed E-state index contributed by atoms with van der Waals surface area (Å²) in [6.45, 7) is 2.23. The van der Waals surface area contributed by atoms with E-state index in [0.717, 1.165) is 12.8 Å². The number of hydrogen-bond donors (Lipinski definition) is 1. The molecule has 0 aromatic rings. The molecule has 4 heteroatoms. The van der Waals surface area contributed by atoms with E-state index in [9.17, 15) is 0 Å². The Balaban J connectivity index is 3.14. The Labute approximate surface area is 124 Å². The molecule has 0 aliphatic heterocycles. The summed E-state index contributed by atoms with van der Waals surface area (Å²) in [7, 11) is 0. The second-order valence-corrected chi connectivity index (χ2v) is 5.72. The van der Waals surface area contributed by atoms with E-state index in [4.69, 9.17) is 10.6 Å². The summed E-state index contributed by atoms with van der Waals surface area (Å²) in [5.74, 6) is 0. The van der Waals surface area contributed by atoms with Crippen LogP contribution in [0.25, 0.3) is 10.4 Å². The molecule has 0 unspecified atom stereocenters. The van der Waals surface area contributed by atoms with Crippen LogP contribution >= 0.6 is 0 Å². The van der Waals surface area contributed by atoms with Gasteiger partial charge >= 0.3 is 0 Å². The fraction of sp³-hybridized carbons (Fsp3) is 1.00. The van der Waals surface area contributed by atoms with E-state index in [1.807, 2.05) is 0 Å². The van der Waals surface area contributed by atoms with E-state index in [2.05, 4.69) is 16.9 Å². The number of aliphatic hydroxyl groups excluding tert-OH is 1. The van der Waals surface area contributed by atoms with Crippen molar-refractivity contribution < 1.29 is 5.11 Å². The quantitative estimate of drug-likeness (QED) is 0.177. The molecular formula is C16H33N3O. The van der Waals surface area contributed by atoms with Crippen LogP contribution in [-0.2, 0) is 0 Å². The topological polar surface area (TPSA) is 69.0 Å². The lowest BCUT2D eigenvalue weighted by atomic mass is 10.0. The molecule has 1 atom stereocenters. The van der Waals surface area contributed by atoms with Crippen molar-refractivity contribution >= 4 is 0 Å². The number of aliphatic hydroxyl groups is 1. The van der Waals surface area contributed by atoms with E-state index in [1.165, 1.54) is 70.6 Å². The van der Waals surface area contributed by atoms with Crippen LogP contribution in [0.1, 0.15) is 90.4 Å². The third-order valence-electron chi connectivity index (χ3n) is 3.82. The van der Waals surface area contributed by atoms with Gasteiger partial charge in [-0.2, -0.15) is 0 Å². The van der Waals surface area contributed by atoms with Crippen LogP contribution in [0, 0.1) is 0 Å². The fourth-order valence-corrected chi connectivity index (χ4v) is 2.48. The Hall–Kier alpha value is -0.730. The Bertz CT molecular complexity index is 240. The van der Waals surface area contributed by atoms with Gasteiger partial charge in [0.15, 0.2) is 0 Å². The average molecular weight is 283 g/mol. The van der Waals surface area contributed by atoms with Gasteiger partial charge in [-0.25, -0.2) is 0 Å². The van der Waals surface area contributed by atoms with Crippen molar-refractivity contribution in [1.82, 2.24) is 0 Å². The molecule has 0 aliphatic carbocycles. The van der Waals surface area contributed by atoms with Gasteiger partial charge in [0.25, 0.3) is 0 Å². The highest BCUT2D eigenvalue weighted by Crippen LogP contribution is 2.13. The van der Waals surface area contributed by atoms with Crippen molar-refractivity contribution in [3.8, 4) is 0 Å². The highest BCUT2D eigenvalue weighted by molar-refractivity contribution is 4.65. The van der Waals surface area contributed by atoms with E-state index in [0.29, 0.717) is 0 Å². The lowest BCUT2D eigenvalue weighted by molar-refractivity contribution is 0.257. The monoisotopic (exact) mass is 283 g/mol. The first kappa shape index (κ1) is 19.3. The molecule has 118 valence electrons. The van der Waals surface area contributed by atoms with E-state index in [-0.39, 0.29) is 12.6 Å². The molecule has 0 aromatic carbocycles. The average Bonchev–Trinajstić information content (AvgIpc) is 2.47. The highest BCUT2D eigenvalue weighted by atomic mass is 16.3. The largest absolute Gasteiger partial charge is 0.396 e. The normalized spacial score (nSPS) is 12.1. The SMILES string of the molecule is CCCCCCCCCCCCCC[C@H](CO)N=[N+]=[N-]. The van der Waals surface area contributed by atoms with Gasteiger partial charge in [-0.15, -0.1) is 0 Å². The first-order valence-corrected chi connectivity index (χ1v) is 8.50. The van der Waals surface area contributed by atoms with E-state index in [1.54, 1.807) is 0 Å². The summed E-state index contributed by atoms with van der Waals surface area (Å²) in [5.41, 5.74) is 8.31. The van der Waals surface area contributed by atoms with Gasteiger partial charge in [-0.1, -0.05) is 89.1 Å². The molecule has 0 rings (SSSR count). The standard InChI is InChI=1S/C16H33N3O/c1-2-3-4-5-6-7-8-9-10-11-12-13-14-16(15-20)18-19-17/h16,20H,2-15H2,1H3/t16-/m1/s1. The Morgan fingerprint density at radius 1 is 0.850 bits per heavy atom. The Morgan fingerprint density at radius 3 is 1.70 bits per heavy atom. The van der Waals surface area contributed by atoms with Crippen molar-refractivity contribution in [3.63, 3.8) is 0 Å². The first-order valence-electron chi connectivity index (χ1n) is 8.50. The van der Waals surface area contributed by atoms with Crippen molar-refractivity contribution in [2.24, 2.45) is 5.11 Å². The Kier molecular flexibility index (Phi) is 15.7. The molecule has 1 N–H and O–H groups in total. The number of rotatable bonds is 15. The molecule has 20 heavy (non-hydrogen) atoms. The van der Waals surface area contributed by atoms with Crippen molar-refractivity contribution in [2.45, 2.75) is 96.4 Å². The summed E-state index contributed by atoms with van der Waals surface area (Å²) in [5, 5.41) is 12.5. The maximum atomic E-state index is 8.97. The molecule has 0 aromatic heterocycles. The summed E-state index contributed by atoms with van der Waals surface area (Å²) in [6.07, 6.45) is 16.7. The molecule has 0 spiro atoms. The number of hydrogen-bond acceptors (Lipinski definition) is 2. The van der Waals surface area contributed by atoms with E-state index >= 15 is 0 Å². The maximum absolute atomic E-state index is 8.97. The number of unbranched alkanes of at least 4 members (excludes halogenated alkanes) is 11. The molecular weight excluding hydrogens is 250 g/mol. The van der Waals surface area contributed by atoms with Crippen LogP contribution in [-0.4, -0.2) is 17.8 Å². The second-order valence-electron chi connectivity index (χ2n) is 5.72. The molecule has 0 radical (unpaired) electrons. The lowest BCUT2D eigenvalue weighted by Crippen LogP contribution is -2.08. The van der Waals surface area contributed by atoms with Crippen LogP contribution in [0.3, 0.4) is 0 Å². The molecule has 0 saturated heterocycles. The third-order valence-corrected chi connectivity index (χ3v) is 3.82. The smallest absolute Gasteiger partial charge is 0.0605 e. The number of azide groups is 1. The van der Waals surface area contributed by atoms with Gasteiger partial charge in [-0.3, -0.25) is 0 Å².